The Labute approximate surface area is 216 Å². The van der Waals surface area contributed by atoms with Gasteiger partial charge in [0, 0.05) is 52.0 Å². The highest BCUT2D eigenvalue weighted by Crippen LogP contribution is 2.31. The largest absolute Gasteiger partial charge is 0.341 e. The Bertz CT molecular complexity index is 1480. The average Bonchev–Trinajstić information content (AvgIpc) is 3.24. The van der Waals surface area contributed by atoms with Gasteiger partial charge in [-0.05, 0) is 56.2 Å². The van der Waals surface area contributed by atoms with E-state index in [0.717, 1.165) is 54.0 Å². The minimum Gasteiger partial charge on any atom is -0.341 e. The zero-order valence-corrected chi connectivity index (χ0v) is 21.6. The fourth-order valence-corrected chi connectivity index (χ4v) is 4.69. The predicted octanol–water partition coefficient (Wildman–Crippen LogP) is 7.12. The number of unbranched alkanes of at least 4 members (excludes halogenated alkanes) is 3. The lowest BCUT2D eigenvalue weighted by Gasteiger charge is -2.07. The molecule has 37 heavy (non-hydrogen) atoms. The maximum Gasteiger partial charge on any atom is 0.331 e. The molecule has 4 rings (SSSR count). The molecule has 0 atom stereocenters. The number of Topliss-reactive ketones (excluding diaryl/α,β-unsaturated/α-hetero) is 1. The van der Waals surface area contributed by atoms with Crippen LogP contribution in [0.25, 0.3) is 21.8 Å². The number of benzene rings is 3. The van der Waals surface area contributed by atoms with Crippen molar-refractivity contribution in [2.75, 3.05) is 0 Å². The number of carbonyl (C=O) groups excluding carboxylic acids is 3. The lowest BCUT2D eigenvalue weighted by atomic mass is 9.98. The molecule has 0 aliphatic heterocycles. The second-order valence-electron chi connectivity index (χ2n) is 9.16. The van der Waals surface area contributed by atoms with Gasteiger partial charge in [0.2, 0.25) is 5.78 Å². The van der Waals surface area contributed by atoms with Gasteiger partial charge in [-0.15, -0.1) is 0 Å². The summed E-state index contributed by atoms with van der Waals surface area (Å²) in [5.74, 6) is -0.862. The highest BCUT2D eigenvalue weighted by atomic mass is 16.7. The summed E-state index contributed by atoms with van der Waals surface area (Å²) in [4.78, 5) is 42.8. The average molecular weight is 497 g/mol. The molecule has 0 aliphatic carbocycles. The van der Waals surface area contributed by atoms with E-state index in [2.05, 4.69) is 23.6 Å². The number of aromatic nitrogens is 1. The van der Waals surface area contributed by atoms with Gasteiger partial charge in [-0.25, -0.2) is 4.79 Å². The summed E-state index contributed by atoms with van der Waals surface area (Å²) < 4.78 is 2.17. The third kappa shape index (κ3) is 5.69. The van der Waals surface area contributed by atoms with Crippen LogP contribution in [0.3, 0.4) is 0 Å². The Morgan fingerprint density at radius 2 is 1.43 bits per heavy atom. The highest BCUT2D eigenvalue weighted by molar-refractivity contribution is 6.46. The molecule has 4 aromatic rings. The van der Waals surface area contributed by atoms with Gasteiger partial charge in [0.15, 0.2) is 5.78 Å². The van der Waals surface area contributed by atoms with Gasteiger partial charge in [0.05, 0.1) is 0 Å². The zero-order valence-electron chi connectivity index (χ0n) is 21.6. The van der Waals surface area contributed by atoms with Crippen LogP contribution in [0.2, 0.25) is 0 Å². The van der Waals surface area contributed by atoms with Crippen LogP contribution in [0.15, 0.2) is 71.9 Å². The standard InChI is InChI=1S/C31H32N2O4/c1-4-6-7-11-14-27(32-37-21(3)34)31(36)24-16-18-29-26(20-24)25-19-23(15-17-28(25)33(29)5-2)30(35)22-12-9-8-10-13-22/h8-10,12-13,15-20H,4-7,11,14H2,1-3H3. The number of hydrogen-bond acceptors (Lipinski definition) is 5. The number of hydrogen-bond donors (Lipinski definition) is 0. The molecule has 0 unspecified atom stereocenters. The zero-order chi connectivity index (χ0) is 26.4. The van der Waals surface area contributed by atoms with Crippen LogP contribution in [0, 0.1) is 0 Å². The number of carbonyl (C=O) groups is 3. The number of oxime groups is 1. The summed E-state index contributed by atoms with van der Waals surface area (Å²) in [5.41, 5.74) is 3.93. The minimum atomic E-state index is -0.559. The Morgan fingerprint density at radius 1 is 0.784 bits per heavy atom. The lowest BCUT2D eigenvalue weighted by molar-refractivity contribution is -0.140. The summed E-state index contributed by atoms with van der Waals surface area (Å²) in [6, 6.07) is 20.5. The van der Waals surface area contributed by atoms with Crippen molar-refractivity contribution in [3.8, 4) is 0 Å². The van der Waals surface area contributed by atoms with E-state index in [9.17, 15) is 14.4 Å². The minimum absolute atomic E-state index is 0.0463. The molecule has 0 N–H and O–H groups in total. The second-order valence-corrected chi connectivity index (χ2v) is 9.16. The van der Waals surface area contributed by atoms with Crippen LogP contribution in [-0.2, 0) is 16.2 Å². The number of aryl methyl sites for hydroxylation is 1. The van der Waals surface area contributed by atoms with Crippen molar-refractivity contribution < 1.29 is 19.2 Å². The first kappa shape index (κ1) is 26.0. The Morgan fingerprint density at radius 3 is 2.05 bits per heavy atom. The quantitative estimate of drug-likeness (QED) is 0.0728. The monoisotopic (exact) mass is 496 g/mol. The molecule has 0 radical (unpaired) electrons. The van der Waals surface area contributed by atoms with E-state index < -0.39 is 5.97 Å². The smallest absolute Gasteiger partial charge is 0.331 e. The molecule has 190 valence electrons. The van der Waals surface area contributed by atoms with Crippen molar-refractivity contribution in [1.82, 2.24) is 4.57 Å². The third-order valence-electron chi connectivity index (χ3n) is 6.56. The van der Waals surface area contributed by atoms with Gasteiger partial charge in [0.1, 0.15) is 5.71 Å². The maximum absolute atomic E-state index is 13.5. The molecular formula is C31H32N2O4. The molecule has 0 spiro atoms. The van der Waals surface area contributed by atoms with E-state index >= 15 is 0 Å². The van der Waals surface area contributed by atoms with Gasteiger partial charge >= 0.3 is 5.97 Å². The first-order chi connectivity index (χ1) is 17.9. The number of ketones is 2. The van der Waals surface area contributed by atoms with E-state index in [-0.39, 0.29) is 17.3 Å². The van der Waals surface area contributed by atoms with Crippen molar-refractivity contribution in [2.24, 2.45) is 5.16 Å². The van der Waals surface area contributed by atoms with Crippen molar-refractivity contribution >= 4 is 45.1 Å². The van der Waals surface area contributed by atoms with Gasteiger partial charge in [0.25, 0.3) is 0 Å². The predicted molar refractivity (Wildman–Crippen MR) is 147 cm³/mol. The molecule has 3 aromatic carbocycles. The lowest BCUT2D eigenvalue weighted by Crippen LogP contribution is -2.16. The van der Waals surface area contributed by atoms with Crippen molar-refractivity contribution in [3.05, 3.63) is 83.4 Å². The maximum atomic E-state index is 13.5. The molecule has 0 amide bonds. The molecule has 6 heteroatoms. The molecule has 0 aliphatic rings. The summed E-state index contributed by atoms with van der Waals surface area (Å²) in [5, 5.41) is 5.70. The van der Waals surface area contributed by atoms with Crippen molar-refractivity contribution in [2.45, 2.75) is 59.4 Å². The molecule has 0 saturated carbocycles. The van der Waals surface area contributed by atoms with Crippen LogP contribution < -0.4 is 0 Å². The highest BCUT2D eigenvalue weighted by Gasteiger charge is 2.19. The van der Waals surface area contributed by atoms with Crippen LogP contribution in [0.4, 0.5) is 0 Å². The second kappa shape index (κ2) is 11.8. The number of fused-ring (bicyclic) bond motifs is 3. The Balaban J connectivity index is 1.76. The first-order valence-corrected chi connectivity index (χ1v) is 12.9. The van der Waals surface area contributed by atoms with Crippen molar-refractivity contribution in [1.29, 1.82) is 0 Å². The molecular weight excluding hydrogens is 464 g/mol. The van der Waals surface area contributed by atoms with Crippen molar-refractivity contribution in [3.63, 3.8) is 0 Å². The molecule has 6 nitrogen and oxygen atoms in total. The number of rotatable bonds is 11. The Hall–Kier alpha value is -4.06. The van der Waals surface area contributed by atoms with E-state index in [1.807, 2.05) is 60.7 Å². The van der Waals surface area contributed by atoms with E-state index in [1.54, 1.807) is 6.07 Å². The van der Waals surface area contributed by atoms with Crippen LogP contribution in [0.1, 0.15) is 79.2 Å². The number of nitrogens with zero attached hydrogens (tertiary/aromatic N) is 2. The molecule has 0 fully saturated rings. The first-order valence-electron chi connectivity index (χ1n) is 12.9. The van der Waals surface area contributed by atoms with Gasteiger partial charge < -0.3 is 9.40 Å². The normalized spacial score (nSPS) is 11.7. The van der Waals surface area contributed by atoms with Gasteiger partial charge in [-0.3, -0.25) is 9.59 Å². The summed E-state index contributed by atoms with van der Waals surface area (Å²) >= 11 is 0. The SMILES string of the molecule is CCCCCCC(=NOC(C)=O)C(=O)c1ccc2c(c1)c1cc(C(=O)c3ccccc3)ccc1n2CC. The van der Waals surface area contributed by atoms with Crippen LogP contribution in [0.5, 0.6) is 0 Å². The molecule has 0 bridgehead atoms. The summed E-state index contributed by atoms with van der Waals surface area (Å²) in [7, 11) is 0. The van der Waals surface area contributed by atoms with Gasteiger partial charge in [-0.2, -0.15) is 0 Å². The topological polar surface area (TPSA) is 77.7 Å². The van der Waals surface area contributed by atoms with E-state index in [0.29, 0.717) is 23.1 Å². The molecule has 1 heterocycles. The molecule has 1 aromatic heterocycles. The van der Waals surface area contributed by atoms with Crippen LogP contribution >= 0.6 is 0 Å². The third-order valence-corrected chi connectivity index (χ3v) is 6.56. The fraction of sp³-hybridized carbons (Fsp3) is 0.290. The van der Waals surface area contributed by atoms with Gasteiger partial charge in [-0.1, -0.05) is 61.7 Å². The summed E-state index contributed by atoms with van der Waals surface area (Å²) in [6.45, 7) is 6.21. The summed E-state index contributed by atoms with van der Waals surface area (Å²) in [6.07, 6.45) is 4.36. The fourth-order valence-electron chi connectivity index (χ4n) is 4.69. The van der Waals surface area contributed by atoms with E-state index in [4.69, 9.17) is 4.84 Å². The van der Waals surface area contributed by atoms with Crippen LogP contribution in [-0.4, -0.2) is 27.8 Å². The Kier molecular flexibility index (Phi) is 8.29. The van der Waals surface area contributed by atoms with E-state index in [1.165, 1.54) is 6.92 Å². The molecule has 0 saturated heterocycles.